The van der Waals surface area contributed by atoms with Gasteiger partial charge in [0.1, 0.15) is 0 Å². The standard InChI is InChI=1S/C14H29N3O/c1-5-8-11-15-17(16-12-9-6-2)14(18)13(4)10-7-3/h15-16H,4-12H2,1-3H3. The van der Waals surface area contributed by atoms with Crippen molar-refractivity contribution in [1.29, 1.82) is 0 Å². The first-order valence-electron chi connectivity index (χ1n) is 7.16. The third kappa shape index (κ3) is 7.45. The molecule has 0 aromatic heterocycles. The second kappa shape index (κ2) is 11.2. The lowest BCUT2D eigenvalue weighted by Gasteiger charge is -2.25. The molecule has 0 unspecified atom stereocenters. The Morgan fingerprint density at radius 3 is 1.89 bits per heavy atom. The van der Waals surface area contributed by atoms with Crippen molar-refractivity contribution in [3.05, 3.63) is 12.2 Å². The van der Waals surface area contributed by atoms with E-state index in [4.69, 9.17) is 0 Å². The molecule has 0 atom stereocenters. The van der Waals surface area contributed by atoms with E-state index in [1.807, 2.05) is 0 Å². The van der Waals surface area contributed by atoms with Crippen LogP contribution in [0.15, 0.2) is 12.2 Å². The molecular weight excluding hydrogens is 226 g/mol. The van der Waals surface area contributed by atoms with E-state index in [1.54, 1.807) is 0 Å². The van der Waals surface area contributed by atoms with Crippen LogP contribution >= 0.6 is 0 Å². The molecule has 0 aromatic rings. The molecule has 4 nitrogen and oxygen atoms in total. The molecule has 0 rings (SSSR count). The number of rotatable bonds is 11. The molecule has 0 aliphatic carbocycles. The van der Waals surface area contributed by atoms with Crippen molar-refractivity contribution < 1.29 is 4.79 Å². The Morgan fingerprint density at radius 1 is 1.00 bits per heavy atom. The molecule has 1 amide bonds. The smallest absolute Gasteiger partial charge is 0.267 e. The molecule has 0 spiro atoms. The Bertz CT molecular complexity index is 231. The van der Waals surface area contributed by atoms with E-state index in [9.17, 15) is 4.79 Å². The minimum Gasteiger partial charge on any atom is -0.267 e. The zero-order valence-electron chi connectivity index (χ0n) is 12.2. The van der Waals surface area contributed by atoms with Crippen LogP contribution in [0.1, 0.15) is 59.3 Å². The van der Waals surface area contributed by atoms with Crippen LogP contribution < -0.4 is 10.9 Å². The van der Waals surface area contributed by atoms with Gasteiger partial charge in [-0.3, -0.25) is 4.79 Å². The van der Waals surface area contributed by atoms with Crippen molar-refractivity contribution in [3.8, 4) is 0 Å². The Balaban J connectivity index is 4.24. The van der Waals surface area contributed by atoms with Crippen molar-refractivity contribution in [2.45, 2.75) is 59.3 Å². The molecule has 0 heterocycles. The van der Waals surface area contributed by atoms with E-state index in [-0.39, 0.29) is 5.91 Å². The summed E-state index contributed by atoms with van der Waals surface area (Å²) in [6.45, 7) is 11.8. The molecule has 0 saturated carbocycles. The van der Waals surface area contributed by atoms with Crippen LogP contribution in [0.5, 0.6) is 0 Å². The predicted molar refractivity (Wildman–Crippen MR) is 76.7 cm³/mol. The molecule has 4 heteroatoms. The highest BCUT2D eigenvalue weighted by Gasteiger charge is 2.15. The quantitative estimate of drug-likeness (QED) is 0.339. The Labute approximate surface area is 112 Å². The molecule has 0 aliphatic heterocycles. The maximum atomic E-state index is 12.1. The average molecular weight is 255 g/mol. The normalized spacial score (nSPS) is 10.4. The number of amides is 1. The molecule has 0 aromatic carbocycles. The zero-order chi connectivity index (χ0) is 13.8. The van der Waals surface area contributed by atoms with Gasteiger partial charge in [-0.15, -0.1) is 0 Å². The Hall–Kier alpha value is -0.870. The van der Waals surface area contributed by atoms with E-state index in [1.165, 1.54) is 5.12 Å². The fraction of sp³-hybridized carbons (Fsp3) is 0.786. The number of carbonyl (C=O) groups excluding carboxylic acids is 1. The number of unbranched alkanes of at least 4 members (excludes halogenated alkanes) is 2. The maximum absolute atomic E-state index is 12.1. The summed E-state index contributed by atoms with van der Waals surface area (Å²) in [6, 6.07) is 0. The number of hydrogen-bond acceptors (Lipinski definition) is 3. The number of carbonyl (C=O) groups is 1. The SMILES string of the molecule is C=C(CCC)C(=O)N(NCCCC)NCCCC. The van der Waals surface area contributed by atoms with Gasteiger partial charge in [-0.05, 0) is 19.3 Å². The molecule has 0 aliphatic rings. The molecule has 106 valence electrons. The highest BCUT2D eigenvalue weighted by molar-refractivity contribution is 5.92. The summed E-state index contributed by atoms with van der Waals surface area (Å²) >= 11 is 0. The van der Waals surface area contributed by atoms with Crippen molar-refractivity contribution in [2.24, 2.45) is 0 Å². The van der Waals surface area contributed by atoms with Gasteiger partial charge >= 0.3 is 0 Å². The molecule has 0 saturated heterocycles. The molecule has 0 fully saturated rings. The van der Waals surface area contributed by atoms with Crippen molar-refractivity contribution in [2.75, 3.05) is 13.1 Å². The van der Waals surface area contributed by atoms with Crippen LogP contribution in [0.4, 0.5) is 0 Å². The van der Waals surface area contributed by atoms with Crippen LogP contribution in [0, 0.1) is 0 Å². The second-order valence-electron chi connectivity index (χ2n) is 4.52. The van der Waals surface area contributed by atoms with Gasteiger partial charge in [0.05, 0.1) is 0 Å². The minimum absolute atomic E-state index is 0.0379. The molecule has 0 radical (unpaired) electrons. The fourth-order valence-electron chi connectivity index (χ4n) is 1.50. The summed E-state index contributed by atoms with van der Waals surface area (Å²) in [6.07, 6.45) is 6.03. The fourth-order valence-corrected chi connectivity index (χ4v) is 1.50. The first kappa shape index (κ1) is 17.1. The van der Waals surface area contributed by atoms with Crippen LogP contribution in [0.3, 0.4) is 0 Å². The van der Waals surface area contributed by atoms with Gasteiger partial charge < -0.3 is 0 Å². The monoisotopic (exact) mass is 255 g/mol. The maximum Gasteiger partial charge on any atom is 0.278 e. The third-order valence-corrected chi connectivity index (χ3v) is 2.66. The summed E-state index contributed by atoms with van der Waals surface area (Å²) in [5, 5.41) is 1.52. The first-order valence-corrected chi connectivity index (χ1v) is 7.16. The highest BCUT2D eigenvalue weighted by Crippen LogP contribution is 2.04. The lowest BCUT2D eigenvalue weighted by Crippen LogP contribution is -2.52. The second-order valence-corrected chi connectivity index (χ2v) is 4.52. The van der Waals surface area contributed by atoms with Gasteiger partial charge in [0.25, 0.3) is 5.91 Å². The van der Waals surface area contributed by atoms with Crippen LogP contribution in [0.25, 0.3) is 0 Å². The van der Waals surface area contributed by atoms with Crippen molar-refractivity contribution in [1.82, 2.24) is 16.0 Å². The van der Waals surface area contributed by atoms with E-state index in [2.05, 4.69) is 38.2 Å². The summed E-state index contributed by atoms with van der Waals surface area (Å²) < 4.78 is 0. The first-order chi connectivity index (χ1) is 8.67. The minimum atomic E-state index is -0.0379. The van der Waals surface area contributed by atoms with Crippen LogP contribution in [0.2, 0.25) is 0 Å². The van der Waals surface area contributed by atoms with E-state index >= 15 is 0 Å². The van der Waals surface area contributed by atoms with Gasteiger partial charge in [-0.2, -0.15) is 0 Å². The van der Waals surface area contributed by atoms with Gasteiger partial charge in [-0.1, -0.05) is 46.6 Å². The van der Waals surface area contributed by atoms with Gasteiger partial charge in [0.15, 0.2) is 0 Å². The Morgan fingerprint density at radius 2 is 1.50 bits per heavy atom. The molecule has 18 heavy (non-hydrogen) atoms. The average Bonchev–Trinajstić information content (AvgIpc) is 2.37. The van der Waals surface area contributed by atoms with Crippen LogP contribution in [-0.2, 0) is 4.79 Å². The van der Waals surface area contributed by atoms with E-state index < -0.39 is 0 Å². The largest absolute Gasteiger partial charge is 0.278 e. The van der Waals surface area contributed by atoms with Gasteiger partial charge in [-0.25, -0.2) is 16.0 Å². The lowest BCUT2D eigenvalue weighted by atomic mass is 10.2. The van der Waals surface area contributed by atoms with Gasteiger partial charge in [0, 0.05) is 18.7 Å². The lowest BCUT2D eigenvalue weighted by molar-refractivity contribution is -0.134. The van der Waals surface area contributed by atoms with Gasteiger partial charge in [0.2, 0.25) is 0 Å². The summed E-state index contributed by atoms with van der Waals surface area (Å²) in [4.78, 5) is 12.1. The zero-order valence-corrected chi connectivity index (χ0v) is 12.2. The van der Waals surface area contributed by atoms with Crippen molar-refractivity contribution >= 4 is 5.91 Å². The summed E-state index contributed by atoms with van der Waals surface area (Å²) in [5.41, 5.74) is 6.92. The van der Waals surface area contributed by atoms with Crippen molar-refractivity contribution in [3.63, 3.8) is 0 Å². The third-order valence-electron chi connectivity index (χ3n) is 2.66. The number of nitrogens with zero attached hydrogens (tertiary/aromatic N) is 1. The number of hydrogen-bond donors (Lipinski definition) is 2. The number of nitrogens with one attached hydrogen (secondary N) is 2. The molecule has 2 N–H and O–H groups in total. The number of hydrazine groups is 2. The predicted octanol–water partition coefficient (Wildman–Crippen LogP) is 2.78. The summed E-state index contributed by atoms with van der Waals surface area (Å²) in [5.74, 6) is -0.0379. The molecule has 0 bridgehead atoms. The highest BCUT2D eigenvalue weighted by atomic mass is 16.2. The Kier molecular flexibility index (Phi) is 10.7. The van der Waals surface area contributed by atoms with E-state index in [0.717, 1.165) is 51.6 Å². The molecular formula is C14H29N3O. The van der Waals surface area contributed by atoms with Crippen LogP contribution in [-0.4, -0.2) is 24.1 Å². The van der Waals surface area contributed by atoms with E-state index in [0.29, 0.717) is 5.57 Å². The summed E-state index contributed by atoms with van der Waals surface area (Å²) in [7, 11) is 0. The topological polar surface area (TPSA) is 44.4 Å².